The van der Waals surface area contributed by atoms with Crippen molar-refractivity contribution in [2.75, 3.05) is 0 Å². The minimum Gasteiger partial charge on any atom is -0.306 e. The lowest BCUT2D eigenvalue weighted by Gasteiger charge is -2.14. The van der Waals surface area contributed by atoms with E-state index in [0.29, 0.717) is 0 Å². The third kappa shape index (κ3) is 2.31. The summed E-state index contributed by atoms with van der Waals surface area (Å²) in [5, 5.41) is 10.2. The van der Waals surface area contributed by atoms with E-state index >= 15 is 0 Å². The van der Waals surface area contributed by atoms with Crippen LogP contribution in [0.5, 0.6) is 0 Å². The second-order valence-corrected chi connectivity index (χ2v) is 8.38. The Morgan fingerprint density at radius 3 is 1.72 bits per heavy atom. The van der Waals surface area contributed by atoms with Gasteiger partial charge in [-0.25, -0.2) is 9.97 Å². The fraction of sp³-hybridized carbons (Fsp3) is 0. The number of rotatable bonds is 1. The zero-order valence-corrected chi connectivity index (χ0v) is 17.7. The molecule has 0 aliphatic heterocycles. The van der Waals surface area contributed by atoms with E-state index in [2.05, 4.69) is 99.5 Å². The molecule has 0 radical (unpaired) electrons. The average molecular weight is 430 g/mol. The highest BCUT2D eigenvalue weighted by Gasteiger charge is 2.18. The van der Waals surface area contributed by atoms with Crippen molar-refractivity contribution in [3.05, 3.63) is 103 Å². The molecule has 0 N–H and O–H groups in total. The third-order valence-corrected chi connectivity index (χ3v) is 6.60. The number of halogens is 1. The highest BCUT2D eigenvalue weighted by Crippen LogP contribution is 2.42. The lowest BCUT2D eigenvalue weighted by Crippen LogP contribution is -1.97. The summed E-state index contributed by atoms with van der Waals surface area (Å²) in [7, 11) is 0. The van der Waals surface area contributed by atoms with Gasteiger partial charge in [-0.2, -0.15) is 0 Å². The molecule has 7 aromatic rings. The topological polar surface area (TPSA) is 30.7 Å². The number of hydrogen-bond donors (Lipinski definition) is 0. The smallest absolute Gasteiger partial charge is 0.222 e. The fourth-order valence-electron chi connectivity index (χ4n) is 5.13. The van der Waals surface area contributed by atoms with E-state index in [1.54, 1.807) is 12.4 Å². The maximum absolute atomic E-state index is 6.02. The van der Waals surface area contributed by atoms with E-state index in [-0.39, 0.29) is 5.28 Å². The van der Waals surface area contributed by atoms with Crippen molar-refractivity contribution in [2.24, 2.45) is 0 Å². The van der Waals surface area contributed by atoms with E-state index in [0.717, 1.165) is 16.7 Å². The van der Waals surface area contributed by atoms with Crippen LogP contribution in [0.4, 0.5) is 0 Å². The summed E-state index contributed by atoms with van der Waals surface area (Å²) in [6, 6.07) is 30.3. The van der Waals surface area contributed by atoms with Crippen LogP contribution in [0.25, 0.3) is 59.8 Å². The Labute approximate surface area is 188 Å². The zero-order valence-electron chi connectivity index (χ0n) is 17.0. The van der Waals surface area contributed by atoms with Crippen molar-refractivity contribution >= 4 is 65.7 Å². The van der Waals surface area contributed by atoms with Crippen LogP contribution in [0.1, 0.15) is 0 Å². The molecular formula is C28H16ClN3. The minimum atomic E-state index is 0.246. The van der Waals surface area contributed by atoms with E-state index < -0.39 is 0 Å². The van der Waals surface area contributed by atoms with Gasteiger partial charge >= 0.3 is 0 Å². The molecule has 0 saturated carbocycles. The molecule has 0 fully saturated rings. The first-order valence-electron chi connectivity index (χ1n) is 10.5. The summed E-state index contributed by atoms with van der Waals surface area (Å²) in [6.07, 6.45) is 3.59. The Balaban J connectivity index is 1.83. The van der Waals surface area contributed by atoms with Crippen LogP contribution in [0.15, 0.2) is 97.3 Å². The molecule has 5 aromatic carbocycles. The first-order chi connectivity index (χ1) is 15.8. The lowest BCUT2D eigenvalue weighted by molar-refractivity contribution is 1.08. The van der Waals surface area contributed by atoms with Crippen LogP contribution >= 0.6 is 11.6 Å². The molecule has 0 aliphatic carbocycles. The molecule has 3 nitrogen and oxygen atoms in total. The predicted molar refractivity (Wildman–Crippen MR) is 134 cm³/mol. The number of fused-ring (bicyclic) bond motifs is 10. The molecule has 2 aromatic heterocycles. The van der Waals surface area contributed by atoms with Crippen LogP contribution in [0.2, 0.25) is 5.28 Å². The van der Waals surface area contributed by atoms with Crippen LogP contribution in [0, 0.1) is 0 Å². The van der Waals surface area contributed by atoms with E-state index in [4.69, 9.17) is 11.6 Å². The lowest BCUT2D eigenvalue weighted by atomic mass is 9.93. The summed E-state index contributed by atoms with van der Waals surface area (Å²) in [5.41, 5.74) is 3.18. The Hall–Kier alpha value is -3.95. The number of hydrogen-bond acceptors (Lipinski definition) is 2. The van der Waals surface area contributed by atoms with E-state index in [9.17, 15) is 0 Å². The summed E-state index contributed by atoms with van der Waals surface area (Å²) in [6.45, 7) is 0. The van der Waals surface area contributed by atoms with Crippen LogP contribution < -0.4 is 0 Å². The summed E-state index contributed by atoms with van der Waals surface area (Å²) >= 11 is 6.02. The maximum Gasteiger partial charge on any atom is 0.222 e. The van der Waals surface area contributed by atoms with Crippen LogP contribution in [0.3, 0.4) is 0 Å². The molecule has 0 saturated heterocycles. The van der Waals surface area contributed by atoms with Gasteiger partial charge in [0.05, 0.1) is 29.1 Å². The third-order valence-electron chi connectivity index (χ3n) is 6.41. The molecule has 0 atom stereocenters. The number of aromatic nitrogens is 3. The van der Waals surface area contributed by atoms with Crippen LogP contribution in [-0.2, 0) is 0 Å². The van der Waals surface area contributed by atoms with Crippen molar-refractivity contribution in [1.82, 2.24) is 14.5 Å². The van der Waals surface area contributed by atoms with Gasteiger partial charge in [0.15, 0.2) is 0 Å². The van der Waals surface area contributed by atoms with Crippen molar-refractivity contribution in [1.29, 1.82) is 0 Å². The minimum absolute atomic E-state index is 0.246. The molecule has 32 heavy (non-hydrogen) atoms. The SMILES string of the molecule is Clc1ncc(-n2c3ccccc3c3ccc4c5ccccc5c5ccccc5c4c32)cn1. The normalized spacial score (nSPS) is 11.9. The molecular weight excluding hydrogens is 414 g/mol. The average Bonchev–Trinajstić information content (AvgIpc) is 3.19. The van der Waals surface area contributed by atoms with Gasteiger partial charge in [-0.1, -0.05) is 78.9 Å². The highest BCUT2D eigenvalue weighted by molar-refractivity contribution is 6.33. The fourth-order valence-corrected chi connectivity index (χ4v) is 5.23. The van der Waals surface area contributed by atoms with E-state index in [1.807, 2.05) is 0 Å². The van der Waals surface area contributed by atoms with Gasteiger partial charge < -0.3 is 4.57 Å². The Morgan fingerprint density at radius 1 is 0.531 bits per heavy atom. The second kappa shape index (κ2) is 6.52. The number of benzene rings is 5. The molecule has 0 amide bonds. The van der Waals surface area contributed by atoms with Crippen molar-refractivity contribution < 1.29 is 0 Å². The number of para-hydroxylation sites is 1. The monoisotopic (exact) mass is 429 g/mol. The van der Waals surface area contributed by atoms with Gasteiger partial charge in [-0.15, -0.1) is 0 Å². The Kier molecular flexibility index (Phi) is 3.61. The molecule has 7 rings (SSSR count). The van der Waals surface area contributed by atoms with Crippen molar-refractivity contribution in [3.63, 3.8) is 0 Å². The second-order valence-electron chi connectivity index (χ2n) is 8.04. The highest BCUT2D eigenvalue weighted by atomic mass is 35.5. The Morgan fingerprint density at radius 2 is 1.03 bits per heavy atom. The van der Waals surface area contributed by atoms with Gasteiger partial charge in [0.25, 0.3) is 0 Å². The standard InChI is InChI=1S/C28H16ClN3/c29-28-30-15-17(16-31-28)32-25-12-6-5-10-21(25)24-14-13-23-20-9-2-1-7-18(20)19-8-3-4-11-22(19)26(23)27(24)32/h1-16H. The molecule has 0 bridgehead atoms. The van der Waals surface area contributed by atoms with Gasteiger partial charge in [0, 0.05) is 16.2 Å². The quantitative estimate of drug-likeness (QED) is 0.198. The van der Waals surface area contributed by atoms with Crippen molar-refractivity contribution in [2.45, 2.75) is 0 Å². The van der Waals surface area contributed by atoms with Crippen molar-refractivity contribution in [3.8, 4) is 5.69 Å². The summed E-state index contributed by atoms with van der Waals surface area (Å²) in [4.78, 5) is 8.55. The van der Waals surface area contributed by atoms with Gasteiger partial charge in [-0.3, -0.25) is 0 Å². The molecule has 0 aliphatic rings. The maximum atomic E-state index is 6.02. The van der Waals surface area contributed by atoms with Gasteiger partial charge in [0.1, 0.15) is 0 Å². The largest absolute Gasteiger partial charge is 0.306 e. The number of nitrogens with zero attached hydrogens (tertiary/aromatic N) is 3. The molecule has 0 spiro atoms. The van der Waals surface area contributed by atoms with Crippen LogP contribution in [-0.4, -0.2) is 14.5 Å². The summed E-state index contributed by atoms with van der Waals surface area (Å²) in [5.74, 6) is 0. The predicted octanol–water partition coefficient (Wildman–Crippen LogP) is 7.69. The van der Waals surface area contributed by atoms with E-state index in [1.165, 1.54) is 43.1 Å². The first-order valence-corrected chi connectivity index (χ1v) is 10.9. The molecule has 0 unspecified atom stereocenters. The first kappa shape index (κ1) is 17.7. The molecule has 4 heteroatoms. The van der Waals surface area contributed by atoms with Gasteiger partial charge in [0.2, 0.25) is 5.28 Å². The summed E-state index contributed by atoms with van der Waals surface area (Å²) < 4.78 is 2.27. The molecule has 150 valence electrons. The Bertz CT molecular complexity index is 1800. The zero-order chi connectivity index (χ0) is 21.2. The van der Waals surface area contributed by atoms with Gasteiger partial charge in [-0.05, 0) is 44.6 Å². The molecule has 2 heterocycles.